The van der Waals surface area contributed by atoms with Gasteiger partial charge in [0.2, 0.25) is 5.91 Å². The van der Waals surface area contributed by atoms with Gasteiger partial charge in [-0.15, -0.1) is 0 Å². The molecule has 2 rings (SSSR count). The molecule has 104 valence electrons. The van der Waals surface area contributed by atoms with E-state index >= 15 is 0 Å². The normalized spacial score (nSPS) is 25.1. The fourth-order valence-corrected chi connectivity index (χ4v) is 2.59. The van der Waals surface area contributed by atoms with Gasteiger partial charge in [-0.2, -0.15) is 0 Å². The standard InChI is InChI=1S/C14H27N3O/c1-2-8-15-14(18)11-17-9-4-3-5-13(17)10-16-12-6-7-12/h12-13,16H,2-11H2,1H3,(H,15,18). The first kappa shape index (κ1) is 13.8. The van der Waals surface area contributed by atoms with E-state index in [0.29, 0.717) is 12.6 Å². The summed E-state index contributed by atoms with van der Waals surface area (Å²) in [5, 5.41) is 6.58. The minimum absolute atomic E-state index is 0.190. The van der Waals surface area contributed by atoms with Crippen molar-refractivity contribution in [2.75, 3.05) is 26.2 Å². The summed E-state index contributed by atoms with van der Waals surface area (Å²) in [5.74, 6) is 0.190. The largest absolute Gasteiger partial charge is 0.355 e. The molecule has 1 aliphatic heterocycles. The lowest BCUT2D eigenvalue weighted by Crippen LogP contribution is -2.49. The average Bonchev–Trinajstić information content (AvgIpc) is 3.19. The number of carbonyl (C=O) groups is 1. The Bertz CT molecular complexity index is 266. The van der Waals surface area contributed by atoms with Crippen molar-refractivity contribution >= 4 is 5.91 Å². The van der Waals surface area contributed by atoms with Gasteiger partial charge in [0.05, 0.1) is 6.54 Å². The van der Waals surface area contributed by atoms with E-state index in [1.807, 2.05) is 0 Å². The molecule has 0 spiro atoms. The van der Waals surface area contributed by atoms with Gasteiger partial charge in [0.25, 0.3) is 0 Å². The molecular weight excluding hydrogens is 226 g/mol. The van der Waals surface area contributed by atoms with Gasteiger partial charge < -0.3 is 10.6 Å². The molecule has 4 nitrogen and oxygen atoms in total. The number of likely N-dealkylation sites (tertiary alicyclic amines) is 1. The first-order chi connectivity index (χ1) is 8.79. The zero-order chi connectivity index (χ0) is 12.8. The van der Waals surface area contributed by atoms with Crippen LogP contribution >= 0.6 is 0 Å². The molecule has 2 N–H and O–H groups in total. The molecule has 0 aromatic heterocycles. The molecule has 2 fully saturated rings. The topological polar surface area (TPSA) is 44.4 Å². The Kier molecular flexibility index (Phi) is 5.45. The van der Waals surface area contributed by atoms with Crippen molar-refractivity contribution in [2.45, 2.75) is 57.5 Å². The number of amides is 1. The van der Waals surface area contributed by atoms with E-state index in [1.165, 1.54) is 32.1 Å². The summed E-state index contributed by atoms with van der Waals surface area (Å²) < 4.78 is 0. The van der Waals surface area contributed by atoms with Crippen LogP contribution in [0.5, 0.6) is 0 Å². The predicted molar refractivity (Wildman–Crippen MR) is 73.5 cm³/mol. The van der Waals surface area contributed by atoms with Crippen molar-refractivity contribution in [2.24, 2.45) is 0 Å². The van der Waals surface area contributed by atoms with Crippen LogP contribution in [-0.4, -0.2) is 49.1 Å². The Morgan fingerprint density at radius 1 is 1.28 bits per heavy atom. The Morgan fingerprint density at radius 3 is 2.83 bits per heavy atom. The highest BCUT2D eigenvalue weighted by Gasteiger charge is 2.27. The smallest absolute Gasteiger partial charge is 0.234 e. The number of piperidine rings is 1. The number of nitrogens with one attached hydrogen (secondary N) is 2. The summed E-state index contributed by atoms with van der Waals surface area (Å²) in [6.45, 7) is 5.61. The maximum atomic E-state index is 11.8. The molecule has 1 heterocycles. The van der Waals surface area contributed by atoms with Gasteiger partial charge in [0, 0.05) is 25.2 Å². The van der Waals surface area contributed by atoms with Crippen LogP contribution in [0.3, 0.4) is 0 Å². The van der Waals surface area contributed by atoms with Crippen molar-refractivity contribution in [1.82, 2.24) is 15.5 Å². The second-order valence-corrected chi connectivity index (χ2v) is 5.65. The number of rotatable bonds is 7. The lowest BCUT2D eigenvalue weighted by molar-refractivity contribution is -0.123. The van der Waals surface area contributed by atoms with E-state index in [2.05, 4.69) is 22.5 Å². The Morgan fingerprint density at radius 2 is 2.11 bits per heavy atom. The zero-order valence-corrected chi connectivity index (χ0v) is 11.6. The molecular formula is C14H27N3O. The van der Waals surface area contributed by atoms with E-state index in [4.69, 9.17) is 0 Å². The fraction of sp³-hybridized carbons (Fsp3) is 0.929. The van der Waals surface area contributed by atoms with Gasteiger partial charge in [-0.3, -0.25) is 9.69 Å². The zero-order valence-electron chi connectivity index (χ0n) is 11.6. The molecule has 1 amide bonds. The lowest BCUT2D eigenvalue weighted by atomic mass is 10.0. The lowest BCUT2D eigenvalue weighted by Gasteiger charge is -2.35. The molecule has 1 atom stereocenters. The van der Waals surface area contributed by atoms with E-state index in [1.54, 1.807) is 0 Å². The van der Waals surface area contributed by atoms with Gasteiger partial charge in [-0.25, -0.2) is 0 Å². The number of nitrogens with zero attached hydrogens (tertiary/aromatic N) is 1. The van der Waals surface area contributed by atoms with Crippen LogP contribution in [0.15, 0.2) is 0 Å². The number of hydrogen-bond acceptors (Lipinski definition) is 3. The van der Waals surface area contributed by atoms with E-state index in [0.717, 1.165) is 32.1 Å². The molecule has 0 bridgehead atoms. The van der Waals surface area contributed by atoms with Crippen LogP contribution in [0.2, 0.25) is 0 Å². The highest BCUT2D eigenvalue weighted by Crippen LogP contribution is 2.21. The molecule has 1 aliphatic carbocycles. The summed E-state index contributed by atoms with van der Waals surface area (Å²) >= 11 is 0. The average molecular weight is 253 g/mol. The summed E-state index contributed by atoms with van der Waals surface area (Å²) in [7, 11) is 0. The second kappa shape index (κ2) is 7.10. The molecule has 4 heteroatoms. The van der Waals surface area contributed by atoms with Crippen LogP contribution in [0, 0.1) is 0 Å². The minimum Gasteiger partial charge on any atom is -0.355 e. The van der Waals surface area contributed by atoms with E-state index in [9.17, 15) is 4.79 Å². The van der Waals surface area contributed by atoms with Crippen molar-refractivity contribution in [3.05, 3.63) is 0 Å². The highest BCUT2D eigenvalue weighted by molar-refractivity contribution is 5.78. The Hall–Kier alpha value is -0.610. The molecule has 0 radical (unpaired) electrons. The fourth-order valence-electron chi connectivity index (χ4n) is 2.59. The highest BCUT2D eigenvalue weighted by atomic mass is 16.2. The monoisotopic (exact) mass is 253 g/mol. The third kappa shape index (κ3) is 4.58. The van der Waals surface area contributed by atoms with E-state index < -0.39 is 0 Å². The van der Waals surface area contributed by atoms with Crippen LogP contribution < -0.4 is 10.6 Å². The summed E-state index contributed by atoms with van der Waals surface area (Å²) in [6, 6.07) is 1.33. The predicted octanol–water partition coefficient (Wildman–Crippen LogP) is 1.12. The Balaban J connectivity index is 1.73. The molecule has 1 saturated carbocycles. The van der Waals surface area contributed by atoms with Crippen molar-refractivity contribution in [1.29, 1.82) is 0 Å². The van der Waals surface area contributed by atoms with E-state index in [-0.39, 0.29) is 5.91 Å². The van der Waals surface area contributed by atoms with Gasteiger partial charge in [0.15, 0.2) is 0 Å². The van der Waals surface area contributed by atoms with Crippen LogP contribution in [0.25, 0.3) is 0 Å². The number of hydrogen-bond donors (Lipinski definition) is 2. The van der Waals surface area contributed by atoms with Gasteiger partial charge in [-0.1, -0.05) is 13.3 Å². The summed E-state index contributed by atoms with van der Waals surface area (Å²) in [6.07, 6.45) is 7.47. The Labute approximate surface area is 110 Å². The molecule has 0 aromatic rings. The quantitative estimate of drug-likeness (QED) is 0.714. The third-order valence-electron chi connectivity index (χ3n) is 3.89. The summed E-state index contributed by atoms with van der Waals surface area (Å²) in [5.41, 5.74) is 0. The first-order valence-corrected chi connectivity index (χ1v) is 7.53. The van der Waals surface area contributed by atoms with Crippen LogP contribution in [-0.2, 0) is 4.79 Å². The first-order valence-electron chi connectivity index (χ1n) is 7.53. The van der Waals surface area contributed by atoms with Crippen molar-refractivity contribution in [3.63, 3.8) is 0 Å². The van der Waals surface area contributed by atoms with Gasteiger partial charge in [0.1, 0.15) is 0 Å². The van der Waals surface area contributed by atoms with Crippen molar-refractivity contribution in [3.8, 4) is 0 Å². The molecule has 18 heavy (non-hydrogen) atoms. The molecule has 2 aliphatic rings. The summed E-state index contributed by atoms with van der Waals surface area (Å²) in [4.78, 5) is 14.2. The molecule has 1 unspecified atom stereocenters. The second-order valence-electron chi connectivity index (χ2n) is 5.65. The third-order valence-corrected chi connectivity index (χ3v) is 3.89. The van der Waals surface area contributed by atoms with Crippen LogP contribution in [0.4, 0.5) is 0 Å². The maximum Gasteiger partial charge on any atom is 0.234 e. The van der Waals surface area contributed by atoms with Crippen LogP contribution in [0.1, 0.15) is 45.4 Å². The maximum absolute atomic E-state index is 11.8. The molecule has 0 aromatic carbocycles. The minimum atomic E-state index is 0.190. The molecule has 1 saturated heterocycles. The van der Waals surface area contributed by atoms with Crippen molar-refractivity contribution < 1.29 is 4.79 Å². The SMILES string of the molecule is CCCNC(=O)CN1CCCCC1CNC1CC1. The van der Waals surface area contributed by atoms with Gasteiger partial charge >= 0.3 is 0 Å². The number of carbonyl (C=O) groups excluding carboxylic acids is 1. The van der Waals surface area contributed by atoms with Gasteiger partial charge in [-0.05, 0) is 38.6 Å².